The molecule has 0 aliphatic carbocycles. The molecule has 1 unspecified atom stereocenters. The molecule has 1 aromatic carbocycles. The van der Waals surface area contributed by atoms with Crippen molar-refractivity contribution < 1.29 is 8.42 Å². The molecule has 1 saturated heterocycles. The number of piperazine rings is 1. The van der Waals surface area contributed by atoms with Gasteiger partial charge in [-0.2, -0.15) is 0 Å². The fourth-order valence-electron chi connectivity index (χ4n) is 2.71. The number of hydrogen-bond donors (Lipinski definition) is 1. The van der Waals surface area contributed by atoms with Crippen LogP contribution in [0.1, 0.15) is 12.0 Å². The minimum Gasteiger partial charge on any atom is -0.314 e. The van der Waals surface area contributed by atoms with E-state index in [1.165, 1.54) is 11.8 Å². The van der Waals surface area contributed by atoms with Crippen LogP contribution in [0, 0.1) is 0 Å². The topological polar surface area (TPSA) is 49.4 Å². The van der Waals surface area contributed by atoms with Crippen molar-refractivity contribution >= 4 is 9.84 Å². The van der Waals surface area contributed by atoms with Gasteiger partial charge in [-0.15, -0.1) is 0 Å². The lowest BCUT2D eigenvalue weighted by Crippen LogP contribution is -2.52. The van der Waals surface area contributed by atoms with Crippen molar-refractivity contribution in [2.75, 3.05) is 38.2 Å². The van der Waals surface area contributed by atoms with E-state index in [9.17, 15) is 8.42 Å². The minimum atomic E-state index is -2.84. The quantitative estimate of drug-likeness (QED) is 0.849. The fraction of sp³-hybridized carbons (Fsp3) is 0.600. The van der Waals surface area contributed by atoms with Crippen LogP contribution in [-0.4, -0.2) is 57.5 Å². The van der Waals surface area contributed by atoms with Gasteiger partial charge in [0.2, 0.25) is 0 Å². The molecule has 5 heteroatoms. The SMILES string of the molecule is CS(=O)(=O)CCCN1CCNCC1Cc1ccccc1. The first-order chi connectivity index (χ1) is 9.54. The molecule has 0 amide bonds. The lowest BCUT2D eigenvalue weighted by Gasteiger charge is -2.36. The highest BCUT2D eigenvalue weighted by atomic mass is 32.2. The van der Waals surface area contributed by atoms with Crippen molar-refractivity contribution in [3.63, 3.8) is 0 Å². The highest BCUT2D eigenvalue weighted by Gasteiger charge is 2.22. The Morgan fingerprint density at radius 1 is 1.30 bits per heavy atom. The van der Waals surface area contributed by atoms with Crippen LogP contribution in [0.15, 0.2) is 30.3 Å². The van der Waals surface area contributed by atoms with E-state index in [1.54, 1.807) is 0 Å². The average Bonchev–Trinajstić information content (AvgIpc) is 2.40. The summed E-state index contributed by atoms with van der Waals surface area (Å²) in [7, 11) is -2.84. The molecule has 1 atom stereocenters. The summed E-state index contributed by atoms with van der Waals surface area (Å²) in [6, 6.07) is 10.9. The zero-order valence-electron chi connectivity index (χ0n) is 12.1. The van der Waals surface area contributed by atoms with E-state index in [2.05, 4.69) is 34.5 Å². The summed E-state index contributed by atoms with van der Waals surface area (Å²) in [6.45, 7) is 3.84. The zero-order chi connectivity index (χ0) is 14.4. The summed E-state index contributed by atoms with van der Waals surface area (Å²) in [5.41, 5.74) is 1.34. The van der Waals surface area contributed by atoms with Gasteiger partial charge in [-0.05, 0) is 24.9 Å². The van der Waals surface area contributed by atoms with E-state index < -0.39 is 9.84 Å². The molecule has 0 radical (unpaired) electrons. The Morgan fingerprint density at radius 2 is 2.05 bits per heavy atom. The van der Waals surface area contributed by atoms with Crippen LogP contribution in [0.2, 0.25) is 0 Å². The van der Waals surface area contributed by atoms with Crippen LogP contribution in [0.5, 0.6) is 0 Å². The Morgan fingerprint density at radius 3 is 2.75 bits per heavy atom. The second-order valence-corrected chi connectivity index (χ2v) is 7.83. The fourth-order valence-corrected chi connectivity index (χ4v) is 3.37. The van der Waals surface area contributed by atoms with Crippen molar-refractivity contribution in [1.29, 1.82) is 0 Å². The van der Waals surface area contributed by atoms with Crippen LogP contribution < -0.4 is 5.32 Å². The van der Waals surface area contributed by atoms with Crippen LogP contribution in [0.4, 0.5) is 0 Å². The van der Waals surface area contributed by atoms with Gasteiger partial charge in [0, 0.05) is 31.9 Å². The first-order valence-electron chi connectivity index (χ1n) is 7.21. The highest BCUT2D eigenvalue weighted by Crippen LogP contribution is 2.11. The lowest BCUT2D eigenvalue weighted by molar-refractivity contribution is 0.161. The summed E-state index contributed by atoms with van der Waals surface area (Å²) >= 11 is 0. The molecule has 1 heterocycles. The van der Waals surface area contributed by atoms with Gasteiger partial charge in [0.25, 0.3) is 0 Å². The number of benzene rings is 1. The van der Waals surface area contributed by atoms with Gasteiger partial charge in [0.05, 0.1) is 5.75 Å². The Balaban J connectivity index is 1.88. The normalized spacial score (nSPS) is 20.9. The monoisotopic (exact) mass is 296 g/mol. The van der Waals surface area contributed by atoms with Crippen molar-refractivity contribution in [3.8, 4) is 0 Å². The second-order valence-electron chi connectivity index (χ2n) is 5.57. The third kappa shape index (κ3) is 5.23. The second kappa shape index (κ2) is 7.20. The van der Waals surface area contributed by atoms with E-state index >= 15 is 0 Å². The first-order valence-corrected chi connectivity index (χ1v) is 9.27. The van der Waals surface area contributed by atoms with Crippen LogP contribution >= 0.6 is 0 Å². The molecule has 1 aliphatic rings. The third-order valence-corrected chi connectivity index (χ3v) is 4.78. The summed E-state index contributed by atoms with van der Waals surface area (Å²) in [6.07, 6.45) is 3.06. The highest BCUT2D eigenvalue weighted by molar-refractivity contribution is 7.90. The first kappa shape index (κ1) is 15.5. The number of sulfone groups is 1. The Kier molecular flexibility index (Phi) is 5.57. The summed E-state index contributed by atoms with van der Waals surface area (Å²) in [5.74, 6) is 0.287. The van der Waals surface area contributed by atoms with Gasteiger partial charge in [-0.3, -0.25) is 4.90 Å². The third-order valence-electron chi connectivity index (χ3n) is 3.75. The van der Waals surface area contributed by atoms with Crippen LogP contribution in [-0.2, 0) is 16.3 Å². The number of hydrogen-bond acceptors (Lipinski definition) is 4. The lowest BCUT2D eigenvalue weighted by atomic mass is 10.0. The maximum absolute atomic E-state index is 11.2. The molecule has 0 saturated carbocycles. The smallest absolute Gasteiger partial charge is 0.147 e. The van der Waals surface area contributed by atoms with Gasteiger partial charge < -0.3 is 5.32 Å². The van der Waals surface area contributed by atoms with E-state index in [0.717, 1.165) is 39.0 Å². The summed E-state index contributed by atoms with van der Waals surface area (Å²) in [4.78, 5) is 2.43. The molecule has 0 spiro atoms. The van der Waals surface area contributed by atoms with Crippen molar-refractivity contribution in [3.05, 3.63) is 35.9 Å². The van der Waals surface area contributed by atoms with Gasteiger partial charge >= 0.3 is 0 Å². The van der Waals surface area contributed by atoms with E-state index in [1.807, 2.05) is 6.07 Å². The molecule has 20 heavy (non-hydrogen) atoms. The molecular formula is C15H24N2O2S. The van der Waals surface area contributed by atoms with Gasteiger partial charge in [0.15, 0.2) is 0 Å². The standard InChI is InChI=1S/C15H24N2O2S/c1-20(18,19)11-5-9-17-10-8-16-13-15(17)12-14-6-3-2-4-7-14/h2-4,6-7,15-16H,5,8-13H2,1H3. The number of rotatable bonds is 6. The van der Waals surface area contributed by atoms with Crippen molar-refractivity contribution in [2.45, 2.75) is 18.9 Å². The van der Waals surface area contributed by atoms with Gasteiger partial charge in [-0.25, -0.2) is 8.42 Å². The van der Waals surface area contributed by atoms with Crippen molar-refractivity contribution in [2.24, 2.45) is 0 Å². The molecule has 1 fully saturated rings. The zero-order valence-corrected chi connectivity index (χ0v) is 12.9. The molecule has 0 bridgehead atoms. The van der Waals surface area contributed by atoms with E-state index in [-0.39, 0.29) is 5.75 Å². The molecule has 1 aromatic rings. The van der Waals surface area contributed by atoms with Crippen molar-refractivity contribution in [1.82, 2.24) is 10.2 Å². The number of nitrogens with one attached hydrogen (secondary N) is 1. The minimum absolute atomic E-state index is 0.287. The Bertz CT molecular complexity index is 502. The van der Waals surface area contributed by atoms with E-state index in [4.69, 9.17) is 0 Å². The molecule has 1 N–H and O–H groups in total. The Hall–Kier alpha value is -0.910. The largest absolute Gasteiger partial charge is 0.314 e. The maximum Gasteiger partial charge on any atom is 0.147 e. The molecule has 2 rings (SSSR count). The number of nitrogens with zero attached hydrogens (tertiary/aromatic N) is 1. The Labute approximate surface area is 122 Å². The maximum atomic E-state index is 11.2. The molecular weight excluding hydrogens is 272 g/mol. The summed E-state index contributed by atoms with van der Waals surface area (Å²) in [5, 5.41) is 3.43. The molecule has 1 aliphatic heterocycles. The van der Waals surface area contributed by atoms with Gasteiger partial charge in [0.1, 0.15) is 9.84 Å². The molecule has 0 aromatic heterocycles. The van der Waals surface area contributed by atoms with Crippen LogP contribution in [0.25, 0.3) is 0 Å². The van der Waals surface area contributed by atoms with Crippen LogP contribution in [0.3, 0.4) is 0 Å². The predicted octanol–water partition coefficient (Wildman–Crippen LogP) is 0.938. The van der Waals surface area contributed by atoms with Gasteiger partial charge in [-0.1, -0.05) is 30.3 Å². The molecule has 4 nitrogen and oxygen atoms in total. The predicted molar refractivity (Wildman–Crippen MR) is 82.7 cm³/mol. The summed E-state index contributed by atoms with van der Waals surface area (Å²) < 4.78 is 22.4. The molecule has 112 valence electrons. The average molecular weight is 296 g/mol. The van der Waals surface area contributed by atoms with E-state index in [0.29, 0.717) is 6.04 Å².